The van der Waals surface area contributed by atoms with Crippen molar-refractivity contribution in [2.24, 2.45) is 0 Å². The van der Waals surface area contributed by atoms with Gasteiger partial charge in [0.2, 0.25) is 5.91 Å². The molecule has 0 unspecified atom stereocenters. The van der Waals surface area contributed by atoms with E-state index in [4.69, 9.17) is 5.11 Å². The molecule has 1 amide bonds. The van der Waals surface area contributed by atoms with Gasteiger partial charge < -0.3 is 10.0 Å². The number of carbonyl (C=O) groups excluding carboxylic acids is 1. The van der Waals surface area contributed by atoms with Gasteiger partial charge >= 0.3 is 5.97 Å². The van der Waals surface area contributed by atoms with Crippen LogP contribution in [-0.2, 0) is 22.6 Å². The van der Waals surface area contributed by atoms with Gasteiger partial charge in [-0.1, -0.05) is 31.9 Å². The van der Waals surface area contributed by atoms with Crippen molar-refractivity contribution in [3.8, 4) is 0 Å². The van der Waals surface area contributed by atoms with E-state index in [1.54, 1.807) is 0 Å². The van der Waals surface area contributed by atoms with Crippen LogP contribution in [0.2, 0.25) is 0 Å². The Morgan fingerprint density at radius 2 is 1.86 bits per heavy atom. The molecular weight excluding hydrogens is 272 g/mol. The Hall–Kier alpha value is -1.92. The number of aliphatic carboxylic acids is 1. The zero-order valence-electron chi connectivity index (χ0n) is 12.8. The van der Waals surface area contributed by atoms with Crippen molar-refractivity contribution in [2.75, 3.05) is 13.1 Å². The van der Waals surface area contributed by atoms with Crippen molar-refractivity contribution in [3.63, 3.8) is 0 Å². The Morgan fingerprint density at radius 3 is 2.38 bits per heavy atom. The highest BCUT2D eigenvalue weighted by molar-refractivity contribution is 5.76. The van der Waals surface area contributed by atoms with E-state index in [0.717, 1.165) is 38.8 Å². The van der Waals surface area contributed by atoms with E-state index in [-0.39, 0.29) is 18.9 Å². The molecule has 0 fully saturated rings. The average molecular weight is 296 g/mol. The molecule has 1 aromatic rings. The predicted molar refractivity (Wildman–Crippen MR) is 77.8 cm³/mol. The molecule has 0 aliphatic heterocycles. The predicted octanol–water partition coefficient (Wildman–Crippen LogP) is 1.33. The zero-order chi connectivity index (χ0) is 15.7. The number of rotatable bonds is 10. The minimum atomic E-state index is -0.958. The van der Waals surface area contributed by atoms with Gasteiger partial charge in [-0.3, -0.25) is 9.59 Å². The van der Waals surface area contributed by atoms with Crippen LogP contribution in [0.25, 0.3) is 0 Å². The second-order valence-corrected chi connectivity index (χ2v) is 5.07. The lowest BCUT2D eigenvalue weighted by molar-refractivity contribution is -0.136. The SMILES string of the molecule is CCCCN(CCCC)C(=O)Cn1cc(CC(=O)O)nn1. The molecule has 0 aliphatic rings. The molecule has 118 valence electrons. The molecule has 0 radical (unpaired) electrons. The van der Waals surface area contributed by atoms with Crippen molar-refractivity contribution in [2.45, 2.75) is 52.5 Å². The lowest BCUT2D eigenvalue weighted by Gasteiger charge is -2.22. The molecule has 0 bridgehead atoms. The summed E-state index contributed by atoms with van der Waals surface area (Å²) in [6, 6.07) is 0. The summed E-state index contributed by atoms with van der Waals surface area (Å²) in [5, 5.41) is 16.3. The smallest absolute Gasteiger partial charge is 0.309 e. The van der Waals surface area contributed by atoms with Crippen LogP contribution in [0.5, 0.6) is 0 Å². The van der Waals surface area contributed by atoms with E-state index >= 15 is 0 Å². The zero-order valence-corrected chi connectivity index (χ0v) is 12.8. The summed E-state index contributed by atoms with van der Waals surface area (Å²) in [6.45, 7) is 5.81. The van der Waals surface area contributed by atoms with Crippen LogP contribution >= 0.6 is 0 Å². The Labute approximate surface area is 124 Å². The summed E-state index contributed by atoms with van der Waals surface area (Å²) < 4.78 is 1.41. The Morgan fingerprint density at radius 1 is 1.24 bits per heavy atom. The first-order valence-electron chi connectivity index (χ1n) is 7.45. The van der Waals surface area contributed by atoms with E-state index in [1.165, 1.54) is 10.9 Å². The van der Waals surface area contributed by atoms with Gasteiger partial charge in [-0.15, -0.1) is 5.10 Å². The summed E-state index contributed by atoms with van der Waals surface area (Å²) in [6.07, 6.45) is 5.39. The van der Waals surface area contributed by atoms with Gasteiger partial charge in [-0.25, -0.2) is 4.68 Å². The Balaban J connectivity index is 2.58. The number of hydrogen-bond donors (Lipinski definition) is 1. The maximum atomic E-state index is 12.3. The minimum absolute atomic E-state index is 0.00340. The first kappa shape index (κ1) is 17.1. The summed E-state index contributed by atoms with van der Waals surface area (Å²) in [5.74, 6) is -0.954. The number of unbranched alkanes of at least 4 members (excludes halogenated alkanes) is 2. The molecule has 0 spiro atoms. The molecule has 21 heavy (non-hydrogen) atoms. The molecule has 0 aromatic carbocycles. The van der Waals surface area contributed by atoms with Gasteiger partial charge in [-0.05, 0) is 12.8 Å². The molecular formula is C14H24N4O3. The Bertz CT molecular complexity index is 451. The molecule has 7 nitrogen and oxygen atoms in total. The van der Waals surface area contributed by atoms with Crippen molar-refractivity contribution < 1.29 is 14.7 Å². The van der Waals surface area contributed by atoms with Crippen LogP contribution < -0.4 is 0 Å². The number of nitrogens with zero attached hydrogens (tertiary/aromatic N) is 4. The molecule has 1 rings (SSSR count). The van der Waals surface area contributed by atoms with Gasteiger partial charge in [0.1, 0.15) is 6.54 Å². The molecule has 0 saturated heterocycles. The molecule has 7 heteroatoms. The van der Waals surface area contributed by atoms with E-state index in [2.05, 4.69) is 24.2 Å². The number of carboxylic acids is 1. The second kappa shape index (κ2) is 9.10. The van der Waals surface area contributed by atoms with Crippen molar-refractivity contribution in [1.82, 2.24) is 19.9 Å². The van der Waals surface area contributed by atoms with Crippen LogP contribution in [0.1, 0.15) is 45.2 Å². The van der Waals surface area contributed by atoms with Crippen LogP contribution in [0.4, 0.5) is 0 Å². The fourth-order valence-electron chi connectivity index (χ4n) is 1.95. The van der Waals surface area contributed by atoms with Crippen LogP contribution in [0.3, 0.4) is 0 Å². The monoisotopic (exact) mass is 296 g/mol. The third-order valence-corrected chi connectivity index (χ3v) is 3.13. The molecule has 1 heterocycles. The molecule has 1 N–H and O–H groups in total. The van der Waals surface area contributed by atoms with E-state index in [0.29, 0.717) is 5.69 Å². The van der Waals surface area contributed by atoms with Gasteiger partial charge in [0.05, 0.1) is 12.1 Å². The highest BCUT2D eigenvalue weighted by atomic mass is 16.4. The highest BCUT2D eigenvalue weighted by Gasteiger charge is 2.14. The van der Waals surface area contributed by atoms with E-state index < -0.39 is 5.97 Å². The standard InChI is InChI=1S/C14H24N4O3/c1-3-5-7-17(8-6-4-2)13(19)11-18-10-12(15-16-18)9-14(20)21/h10H,3-9,11H2,1-2H3,(H,20,21). The summed E-state index contributed by atoms with van der Waals surface area (Å²) in [7, 11) is 0. The quantitative estimate of drug-likeness (QED) is 0.703. The summed E-state index contributed by atoms with van der Waals surface area (Å²) >= 11 is 0. The topological polar surface area (TPSA) is 88.3 Å². The summed E-state index contributed by atoms with van der Waals surface area (Å²) in [4.78, 5) is 24.7. The van der Waals surface area contributed by atoms with Crippen LogP contribution in [-0.4, -0.2) is 50.0 Å². The fraction of sp³-hybridized carbons (Fsp3) is 0.714. The Kier molecular flexibility index (Phi) is 7.42. The van der Waals surface area contributed by atoms with Crippen molar-refractivity contribution in [1.29, 1.82) is 0 Å². The van der Waals surface area contributed by atoms with Crippen molar-refractivity contribution in [3.05, 3.63) is 11.9 Å². The first-order chi connectivity index (χ1) is 10.1. The highest BCUT2D eigenvalue weighted by Crippen LogP contribution is 2.02. The van der Waals surface area contributed by atoms with Gasteiger partial charge in [0.15, 0.2) is 0 Å². The number of carbonyl (C=O) groups is 2. The van der Waals surface area contributed by atoms with Gasteiger partial charge in [0, 0.05) is 19.3 Å². The van der Waals surface area contributed by atoms with E-state index in [1.807, 2.05) is 4.90 Å². The minimum Gasteiger partial charge on any atom is -0.481 e. The van der Waals surface area contributed by atoms with Crippen LogP contribution in [0, 0.1) is 0 Å². The largest absolute Gasteiger partial charge is 0.481 e. The fourth-order valence-corrected chi connectivity index (χ4v) is 1.95. The molecule has 0 aliphatic carbocycles. The normalized spacial score (nSPS) is 10.6. The molecule has 0 atom stereocenters. The lowest BCUT2D eigenvalue weighted by Crippen LogP contribution is -2.35. The first-order valence-corrected chi connectivity index (χ1v) is 7.45. The number of hydrogen-bond acceptors (Lipinski definition) is 4. The third-order valence-electron chi connectivity index (χ3n) is 3.13. The van der Waals surface area contributed by atoms with Crippen molar-refractivity contribution >= 4 is 11.9 Å². The van der Waals surface area contributed by atoms with Gasteiger partial charge in [-0.2, -0.15) is 0 Å². The maximum Gasteiger partial charge on any atom is 0.309 e. The molecule has 1 aromatic heterocycles. The van der Waals surface area contributed by atoms with Crippen LogP contribution in [0.15, 0.2) is 6.20 Å². The van der Waals surface area contributed by atoms with Gasteiger partial charge in [0.25, 0.3) is 0 Å². The lowest BCUT2D eigenvalue weighted by atomic mass is 10.2. The number of amides is 1. The third kappa shape index (κ3) is 6.37. The number of aromatic nitrogens is 3. The summed E-state index contributed by atoms with van der Waals surface area (Å²) in [5.41, 5.74) is 0.365. The average Bonchev–Trinajstić information content (AvgIpc) is 2.85. The van der Waals surface area contributed by atoms with E-state index in [9.17, 15) is 9.59 Å². The number of carboxylic acid groups (broad SMARTS) is 1. The molecule has 0 saturated carbocycles. The second-order valence-electron chi connectivity index (χ2n) is 5.07. The maximum absolute atomic E-state index is 12.3.